The first-order chi connectivity index (χ1) is 16.1. The molecule has 2 aliphatic rings. The molecule has 1 heterocycles. The van der Waals surface area contributed by atoms with Crippen LogP contribution in [0.3, 0.4) is 0 Å². The molecule has 0 saturated carbocycles. The lowest BCUT2D eigenvalue weighted by Crippen LogP contribution is -2.37. The van der Waals surface area contributed by atoms with Crippen molar-refractivity contribution in [2.45, 2.75) is 12.0 Å². The van der Waals surface area contributed by atoms with Gasteiger partial charge in [0.2, 0.25) is 11.5 Å². The summed E-state index contributed by atoms with van der Waals surface area (Å²) in [5, 5.41) is 16.3. The molecule has 1 aromatic carbocycles. The Morgan fingerprint density at radius 1 is 1.15 bits per heavy atom. The van der Waals surface area contributed by atoms with Gasteiger partial charge in [-0.2, -0.15) is 0 Å². The Balaban J connectivity index is 1.90. The highest BCUT2D eigenvalue weighted by Crippen LogP contribution is 2.41. The van der Waals surface area contributed by atoms with Gasteiger partial charge in [-0.3, -0.25) is 9.59 Å². The zero-order valence-electron chi connectivity index (χ0n) is 17.5. The van der Waals surface area contributed by atoms with Crippen LogP contribution < -0.4 is 9.47 Å². The predicted octanol–water partition coefficient (Wildman–Crippen LogP) is 3.49. The van der Waals surface area contributed by atoms with Crippen LogP contribution in [0.2, 0.25) is 0 Å². The molecule has 1 fully saturated rings. The number of ether oxygens (including phenoxy) is 3. The van der Waals surface area contributed by atoms with Gasteiger partial charge in [0.05, 0.1) is 19.8 Å². The minimum atomic E-state index is -1.44. The molecule has 1 unspecified atom stereocenters. The zero-order valence-corrected chi connectivity index (χ0v) is 22.2. The molecule has 0 aromatic heterocycles. The van der Waals surface area contributed by atoms with Gasteiger partial charge in [0.25, 0.3) is 0 Å². The molecule has 1 aromatic rings. The van der Waals surface area contributed by atoms with Crippen LogP contribution >= 0.6 is 47.8 Å². The summed E-state index contributed by atoms with van der Waals surface area (Å²) in [6.07, 6.45) is 2.63. The third-order valence-corrected chi connectivity index (χ3v) is 6.15. The van der Waals surface area contributed by atoms with Gasteiger partial charge in [-0.25, -0.2) is 4.79 Å². The fourth-order valence-electron chi connectivity index (χ4n) is 2.96. The fraction of sp³-hybridized carbons (Fsp3) is 0.250. The maximum absolute atomic E-state index is 12.8. The van der Waals surface area contributed by atoms with Gasteiger partial charge in [-0.1, -0.05) is 10.3 Å². The van der Waals surface area contributed by atoms with Gasteiger partial charge >= 0.3 is 11.9 Å². The number of carboxylic acid groups (broad SMARTS) is 1. The Hall–Kier alpha value is -2.71. The first kappa shape index (κ1) is 25.9. The summed E-state index contributed by atoms with van der Waals surface area (Å²) in [4.78, 5) is 45.2. The molecule has 1 spiro atoms. The van der Waals surface area contributed by atoms with Crippen molar-refractivity contribution in [3.8, 4) is 11.5 Å². The number of carbonyl (C=O) groups is 3. The first-order valence-corrected chi connectivity index (χ1v) is 11.6. The number of oxime groups is 2. The highest BCUT2D eigenvalue weighted by Gasteiger charge is 2.48. The van der Waals surface area contributed by atoms with Crippen molar-refractivity contribution in [3.63, 3.8) is 0 Å². The number of nitrogens with zero attached hydrogens (tertiary/aromatic N) is 2. The summed E-state index contributed by atoms with van der Waals surface area (Å²) >= 11 is 9.88. The van der Waals surface area contributed by atoms with Crippen molar-refractivity contribution in [1.29, 1.82) is 0 Å². The Morgan fingerprint density at radius 2 is 1.82 bits per heavy atom. The number of hydrogen-bond acceptors (Lipinski definition) is 10. The maximum atomic E-state index is 12.8. The van der Waals surface area contributed by atoms with Crippen LogP contribution in [0.4, 0.5) is 0 Å². The van der Waals surface area contributed by atoms with Crippen molar-refractivity contribution in [2.75, 3.05) is 20.8 Å². The van der Waals surface area contributed by atoms with Gasteiger partial charge in [0, 0.05) is 6.08 Å². The van der Waals surface area contributed by atoms with Gasteiger partial charge in [-0.15, -0.1) is 0 Å². The number of rotatable bonds is 8. The Bertz CT molecular complexity index is 1150. The van der Waals surface area contributed by atoms with Crippen molar-refractivity contribution in [3.05, 3.63) is 43.5 Å². The average Bonchev–Trinajstić information content (AvgIpc) is 3.05. The maximum Gasteiger partial charge on any atom is 0.357 e. The van der Waals surface area contributed by atoms with E-state index in [4.69, 9.17) is 24.2 Å². The van der Waals surface area contributed by atoms with Gasteiger partial charge < -0.3 is 29.0 Å². The molecule has 14 heteroatoms. The van der Waals surface area contributed by atoms with E-state index in [0.29, 0.717) is 8.95 Å². The van der Waals surface area contributed by atoms with E-state index in [1.54, 1.807) is 0 Å². The summed E-state index contributed by atoms with van der Waals surface area (Å²) < 4.78 is 17.6. The van der Waals surface area contributed by atoms with Crippen LogP contribution in [-0.4, -0.2) is 60.7 Å². The summed E-state index contributed by atoms with van der Waals surface area (Å²) in [5.41, 5.74) is -1.53. The molecule has 3 rings (SSSR count). The number of carbonyl (C=O) groups excluding carboxylic acids is 2. The summed E-state index contributed by atoms with van der Waals surface area (Å²) in [6.45, 7) is -0.362. The number of esters is 1. The van der Waals surface area contributed by atoms with Gasteiger partial charge in [0.1, 0.15) is 32.3 Å². The van der Waals surface area contributed by atoms with E-state index in [0.717, 1.165) is 0 Å². The van der Waals surface area contributed by atoms with Crippen molar-refractivity contribution in [2.24, 2.45) is 10.3 Å². The monoisotopic (exact) mass is 664 g/mol. The molecular formula is C20H15Br3N2O9. The number of Topliss-reactive ketones (excluding diaryl/α,β-unsaturated/α-hetero) is 1. The molecule has 11 nitrogen and oxygen atoms in total. The number of halogens is 3. The third-order valence-electron chi connectivity index (χ3n) is 4.38. The normalized spacial score (nSPS) is 21.2. The van der Waals surface area contributed by atoms with Gasteiger partial charge in [0.15, 0.2) is 17.1 Å². The van der Waals surface area contributed by atoms with E-state index in [9.17, 15) is 14.4 Å². The molecule has 1 atom stereocenters. The molecule has 0 amide bonds. The van der Waals surface area contributed by atoms with Crippen LogP contribution in [0.15, 0.2) is 53.8 Å². The van der Waals surface area contributed by atoms with Crippen LogP contribution in [0.25, 0.3) is 0 Å². The zero-order chi connectivity index (χ0) is 25.0. The second kappa shape index (κ2) is 10.7. The van der Waals surface area contributed by atoms with Gasteiger partial charge in [-0.05, 0) is 66.0 Å². The smallest absolute Gasteiger partial charge is 0.357 e. The Labute approximate surface area is 217 Å². The van der Waals surface area contributed by atoms with E-state index < -0.39 is 23.3 Å². The second-order valence-corrected chi connectivity index (χ2v) is 9.19. The first-order valence-electron chi connectivity index (χ1n) is 9.21. The lowest BCUT2D eigenvalue weighted by Gasteiger charge is -2.26. The molecule has 1 N–H and O–H groups in total. The predicted molar refractivity (Wildman–Crippen MR) is 128 cm³/mol. The quantitative estimate of drug-likeness (QED) is 0.251. The summed E-state index contributed by atoms with van der Waals surface area (Å²) in [7, 11) is 2.55. The molecule has 1 saturated heterocycles. The minimum Gasteiger partial charge on any atom is -0.487 e. The highest BCUT2D eigenvalue weighted by molar-refractivity contribution is 9.12. The molecule has 34 heavy (non-hydrogen) atoms. The molecule has 1 aliphatic heterocycles. The lowest BCUT2D eigenvalue weighted by molar-refractivity contribution is -0.143. The minimum absolute atomic E-state index is 0.106. The Morgan fingerprint density at radius 3 is 2.41 bits per heavy atom. The van der Waals surface area contributed by atoms with E-state index in [-0.39, 0.29) is 46.2 Å². The van der Waals surface area contributed by atoms with Crippen molar-refractivity contribution < 1.29 is 43.4 Å². The number of aliphatic carboxylic acids is 1. The standard InChI is InChI=1S/C20H15Br3N2O9/c1-30-24-13(19(28)29)8-32-9-3-10(21)18(11(22)4-9)33-14-7-20(6-12(23)17(14)27)15(25-31-2)5-16(26)34-20/h3-4,6-7H,5,8H2,1-2H3,(H,28,29)/b24-13-,25-15+. The van der Waals surface area contributed by atoms with Crippen molar-refractivity contribution >= 4 is 76.9 Å². The number of allylic oxidation sites excluding steroid dienone is 1. The summed E-state index contributed by atoms with van der Waals surface area (Å²) in [5.74, 6) is -1.98. The molecule has 1 aliphatic carbocycles. The third kappa shape index (κ3) is 5.50. The largest absolute Gasteiger partial charge is 0.487 e. The molecule has 0 bridgehead atoms. The second-order valence-electron chi connectivity index (χ2n) is 6.63. The van der Waals surface area contributed by atoms with E-state index >= 15 is 0 Å². The molecule has 0 radical (unpaired) electrons. The Kier molecular flexibility index (Phi) is 8.15. The van der Waals surface area contributed by atoms with Crippen molar-refractivity contribution in [1.82, 2.24) is 0 Å². The lowest BCUT2D eigenvalue weighted by atomic mass is 9.91. The average molecular weight is 667 g/mol. The van der Waals surface area contributed by atoms with Crippen LogP contribution in [0.1, 0.15) is 6.42 Å². The SMILES string of the molecule is CO/N=C(/COc1cc(Br)c(OC2=CC3(C=C(Br)C2=O)OC(=O)C/C3=N\OC)c(Br)c1)C(=O)O. The van der Waals surface area contributed by atoms with E-state index in [2.05, 4.69) is 62.9 Å². The number of benzene rings is 1. The van der Waals surface area contributed by atoms with E-state index in [1.807, 2.05) is 0 Å². The highest BCUT2D eigenvalue weighted by atomic mass is 79.9. The summed E-state index contributed by atoms with van der Waals surface area (Å²) in [6, 6.07) is 3.02. The topological polar surface area (TPSA) is 142 Å². The fourth-order valence-corrected chi connectivity index (χ4v) is 4.81. The van der Waals surface area contributed by atoms with Crippen LogP contribution in [0.5, 0.6) is 11.5 Å². The van der Waals surface area contributed by atoms with Crippen LogP contribution in [-0.2, 0) is 28.8 Å². The van der Waals surface area contributed by atoms with Crippen LogP contribution in [0, 0.1) is 0 Å². The molecular weight excluding hydrogens is 652 g/mol. The van der Waals surface area contributed by atoms with E-state index in [1.165, 1.54) is 38.5 Å². The number of carboxylic acids is 1. The number of ketones is 1. The molecule has 180 valence electrons. The number of hydrogen-bond donors (Lipinski definition) is 1.